The van der Waals surface area contributed by atoms with Gasteiger partial charge in [-0.2, -0.15) is 0 Å². The van der Waals surface area contributed by atoms with Crippen LogP contribution in [-0.2, 0) is 16.0 Å². The fourth-order valence-electron chi connectivity index (χ4n) is 1.35. The standard InChI is InChI=1S/C13H21NO2S/c1-11(2)10-16-7-4-6-14-13(15)9-12-5-3-8-17-12/h3,5,8,11H,4,6-7,9-10H2,1-2H3,(H,14,15). The van der Waals surface area contributed by atoms with E-state index in [2.05, 4.69) is 19.2 Å². The number of nitrogens with one attached hydrogen (secondary N) is 1. The molecule has 0 saturated heterocycles. The van der Waals surface area contributed by atoms with Crippen LogP contribution in [0.25, 0.3) is 0 Å². The van der Waals surface area contributed by atoms with E-state index >= 15 is 0 Å². The Bertz CT molecular complexity index is 309. The third-order valence-electron chi connectivity index (χ3n) is 2.15. The second-order valence-corrected chi connectivity index (χ2v) is 5.46. The Hall–Kier alpha value is -0.870. The first-order chi connectivity index (χ1) is 8.18. The van der Waals surface area contributed by atoms with Gasteiger partial charge in [0.15, 0.2) is 0 Å². The number of carbonyl (C=O) groups is 1. The van der Waals surface area contributed by atoms with E-state index in [4.69, 9.17) is 4.74 Å². The van der Waals surface area contributed by atoms with Crippen LogP contribution >= 0.6 is 11.3 Å². The molecule has 1 heterocycles. The van der Waals surface area contributed by atoms with Gasteiger partial charge in [-0.3, -0.25) is 4.79 Å². The van der Waals surface area contributed by atoms with E-state index in [0.29, 0.717) is 18.9 Å². The number of hydrogen-bond donors (Lipinski definition) is 1. The molecule has 4 heteroatoms. The highest BCUT2D eigenvalue weighted by Crippen LogP contribution is 2.08. The molecule has 0 atom stereocenters. The maximum absolute atomic E-state index is 11.5. The second kappa shape index (κ2) is 8.25. The van der Waals surface area contributed by atoms with E-state index in [-0.39, 0.29) is 5.91 Å². The Labute approximate surface area is 107 Å². The number of rotatable bonds is 8. The van der Waals surface area contributed by atoms with Crippen LogP contribution in [-0.4, -0.2) is 25.7 Å². The number of thiophene rings is 1. The lowest BCUT2D eigenvalue weighted by Crippen LogP contribution is -2.26. The summed E-state index contributed by atoms with van der Waals surface area (Å²) in [5.41, 5.74) is 0. The minimum absolute atomic E-state index is 0.0938. The average Bonchev–Trinajstić information content (AvgIpc) is 2.75. The zero-order chi connectivity index (χ0) is 12.5. The highest BCUT2D eigenvalue weighted by molar-refractivity contribution is 7.10. The van der Waals surface area contributed by atoms with Crippen molar-refractivity contribution in [1.82, 2.24) is 5.32 Å². The Morgan fingerprint density at radius 3 is 3.00 bits per heavy atom. The van der Waals surface area contributed by atoms with E-state index in [1.807, 2.05) is 17.5 Å². The lowest BCUT2D eigenvalue weighted by Gasteiger charge is -2.07. The van der Waals surface area contributed by atoms with Crippen LogP contribution in [0.3, 0.4) is 0 Å². The molecule has 3 nitrogen and oxygen atoms in total. The van der Waals surface area contributed by atoms with Crippen LogP contribution in [0.5, 0.6) is 0 Å². The van der Waals surface area contributed by atoms with Crippen LogP contribution in [0.15, 0.2) is 17.5 Å². The molecule has 0 radical (unpaired) electrons. The van der Waals surface area contributed by atoms with Crippen LogP contribution in [0, 0.1) is 5.92 Å². The summed E-state index contributed by atoms with van der Waals surface area (Å²) in [6.45, 7) is 6.47. The Morgan fingerprint density at radius 2 is 2.35 bits per heavy atom. The molecule has 1 rings (SSSR count). The molecule has 0 aromatic carbocycles. The van der Waals surface area contributed by atoms with E-state index in [1.165, 1.54) is 0 Å². The molecular weight excluding hydrogens is 234 g/mol. The van der Waals surface area contributed by atoms with Crippen LogP contribution in [0.2, 0.25) is 0 Å². The van der Waals surface area contributed by atoms with Gasteiger partial charge in [0.1, 0.15) is 0 Å². The van der Waals surface area contributed by atoms with Crippen molar-refractivity contribution in [2.45, 2.75) is 26.7 Å². The lowest BCUT2D eigenvalue weighted by molar-refractivity contribution is -0.120. The van der Waals surface area contributed by atoms with Crippen molar-refractivity contribution in [1.29, 1.82) is 0 Å². The van der Waals surface area contributed by atoms with Crippen LogP contribution in [0.1, 0.15) is 25.1 Å². The van der Waals surface area contributed by atoms with Gasteiger partial charge in [-0.15, -0.1) is 11.3 Å². The van der Waals surface area contributed by atoms with Gasteiger partial charge < -0.3 is 10.1 Å². The summed E-state index contributed by atoms with van der Waals surface area (Å²) in [7, 11) is 0. The van der Waals surface area contributed by atoms with Gasteiger partial charge in [0, 0.05) is 24.6 Å². The van der Waals surface area contributed by atoms with Crippen molar-refractivity contribution in [3.8, 4) is 0 Å². The fraction of sp³-hybridized carbons (Fsp3) is 0.615. The van der Waals surface area contributed by atoms with Crippen molar-refractivity contribution in [2.75, 3.05) is 19.8 Å². The first-order valence-corrected chi connectivity index (χ1v) is 6.93. The third-order valence-corrected chi connectivity index (χ3v) is 3.03. The SMILES string of the molecule is CC(C)COCCCNC(=O)Cc1cccs1. The molecule has 0 bridgehead atoms. The van der Waals surface area contributed by atoms with E-state index in [0.717, 1.165) is 24.5 Å². The van der Waals surface area contributed by atoms with Crippen molar-refractivity contribution in [2.24, 2.45) is 5.92 Å². The van der Waals surface area contributed by atoms with Gasteiger partial charge in [-0.05, 0) is 23.8 Å². The smallest absolute Gasteiger partial charge is 0.225 e. The first-order valence-electron chi connectivity index (χ1n) is 6.05. The molecule has 17 heavy (non-hydrogen) atoms. The molecule has 0 unspecified atom stereocenters. The van der Waals surface area contributed by atoms with Crippen molar-refractivity contribution in [3.63, 3.8) is 0 Å². The summed E-state index contributed by atoms with van der Waals surface area (Å²) < 4.78 is 5.43. The largest absolute Gasteiger partial charge is 0.381 e. The van der Waals surface area contributed by atoms with Gasteiger partial charge in [0.05, 0.1) is 6.42 Å². The van der Waals surface area contributed by atoms with Gasteiger partial charge in [-0.25, -0.2) is 0 Å². The molecule has 96 valence electrons. The second-order valence-electron chi connectivity index (χ2n) is 4.43. The molecule has 0 aliphatic heterocycles. The molecule has 0 aliphatic rings. The van der Waals surface area contributed by atoms with Gasteiger partial charge in [0.2, 0.25) is 5.91 Å². The highest BCUT2D eigenvalue weighted by atomic mass is 32.1. The van der Waals surface area contributed by atoms with Crippen molar-refractivity contribution >= 4 is 17.2 Å². The first kappa shape index (κ1) is 14.2. The number of amides is 1. The normalized spacial score (nSPS) is 10.8. The predicted molar refractivity (Wildman–Crippen MR) is 71.3 cm³/mol. The summed E-state index contributed by atoms with van der Waals surface area (Å²) in [6, 6.07) is 3.95. The molecule has 0 fully saturated rings. The third kappa shape index (κ3) is 7.13. The van der Waals surface area contributed by atoms with Gasteiger partial charge >= 0.3 is 0 Å². The lowest BCUT2D eigenvalue weighted by atomic mass is 10.2. The molecule has 1 aromatic rings. The van der Waals surface area contributed by atoms with Crippen LogP contribution in [0.4, 0.5) is 0 Å². The molecule has 0 aliphatic carbocycles. The topological polar surface area (TPSA) is 38.3 Å². The number of carbonyl (C=O) groups excluding carboxylic acids is 1. The van der Waals surface area contributed by atoms with E-state index in [9.17, 15) is 4.79 Å². The Morgan fingerprint density at radius 1 is 1.53 bits per heavy atom. The molecule has 1 N–H and O–H groups in total. The quantitative estimate of drug-likeness (QED) is 0.725. The van der Waals surface area contributed by atoms with Crippen LogP contribution < -0.4 is 5.32 Å². The Kier molecular flexibility index (Phi) is 6.89. The predicted octanol–water partition coefficient (Wildman–Crippen LogP) is 2.47. The zero-order valence-electron chi connectivity index (χ0n) is 10.6. The molecular formula is C13H21NO2S. The summed E-state index contributed by atoms with van der Waals surface area (Å²) in [6.07, 6.45) is 1.37. The maximum Gasteiger partial charge on any atom is 0.225 e. The minimum Gasteiger partial charge on any atom is -0.381 e. The zero-order valence-corrected chi connectivity index (χ0v) is 11.4. The van der Waals surface area contributed by atoms with Gasteiger partial charge in [-0.1, -0.05) is 19.9 Å². The van der Waals surface area contributed by atoms with E-state index < -0.39 is 0 Å². The summed E-state index contributed by atoms with van der Waals surface area (Å²) in [4.78, 5) is 12.6. The highest BCUT2D eigenvalue weighted by Gasteiger charge is 2.03. The number of ether oxygens (including phenoxy) is 1. The fourth-order valence-corrected chi connectivity index (χ4v) is 2.06. The van der Waals surface area contributed by atoms with E-state index in [1.54, 1.807) is 11.3 Å². The Balaban J connectivity index is 1.97. The average molecular weight is 255 g/mol. The van der Waals surface area contributed by atoms with Crippen molar-refractivity contribution in [3.05, 3.63) is 22.4 Å². The molecule has 0 saturated carbocycles. The molecule has 1 aromatic heterocycles. The monoisotopic (exact) mass is 255 g/mol. The summed E-state index contributed by atoms with van der Waals surface area (Å²) in [5, 5.41) is 4.89. The molecule has 0 spiro atoms. The van der Waals surface area contributed by atoms with Crippen molar-refractivity contribution < 1.29 is 9.53 Å². The molecule has 1 amide bonds. The summed E-state index contributed by atoms with van der Waals surface area (Å²) in [5.74, 6) is 0.666. The number of hydrogen-bond acceptors (Lipinski definition) is 3. The minimum atomic E-state index is 0.0938. The maximum atomic E-state index is 11.5. The van der Waals surface area contributed by atoms with Gasteiger partial charge in [0.25, 0.3) is 0 Å². The summed E-state index contributed by atoms with van der Waals surface area (Å²) >= 11 is 1.62.